The van der Waals surface area contributed by atoms with E-state index in [-0.39, 0.29) is 17.9 Å². The number of carbonyl (C=O) groups is 1. The van der Waals surface area contributed by atoms with Gasteiger partial charge >= 0.3 is 5.97 Å². The van der Waals surface area contributed by atoms with Gasteiger partial charge in [-0.1, -0.05) is 35.9 Å². The molecule has 1 heterocycles. The number of sulfonamides is 1. The first-order chi connectivity index (χ1) is 13.3. The number of fused-ring (bicyclic) bond motifs is 1. The van der Waals surface area contributed by atoms with E-state index >= 15 is 0 Å². The van der Waals surface area contributed by atoms with Gasteiger partial charge in [-0.05, 0) is 38.0 Å². The molecule has 0 aliphatic rings. The third-order valence-corrected chi connectivity index (χ3v) is 6.49. The molecule has 0 aliphatic heterocycles. The molecule has 0 radical (unpaired) electrons. The van der Waals surface area contributed by atoms with Gasteiger partial charge in [-0.2, -0.15) is 8.75 Å². The van der Waals surface area contributed by atoms with Gasteiger partial charge < -0.3 is 4.74 Å². The van der Waals surface area contributed by atoms with Crippen LogP contribution in [0.3, 0.4) is 0 Å². The first kappa shape index (κ1) is 20.4. The summed E-state index contributed by atoms with van der Waals surface area (Å²) in [5.74, 6) is -0.471. The van der Waals surface area contributed by atoms with Gasteiger partial charge in [-0.3, -0.25) is 4.79 Å². The second-order valence-electron chi connectivity index (χ2n) is 6.44. The fourth-order valence-electron chi connectivity index (χ4n) is 2.93. The van der Waals surface area contributed by atoms with Crippen LogP contribution in [0.5, 0.6) is 0 Å². The monoisotopic (exact) mass is 419 g/mol. The maximum Gasteiger partial charge on any atom is 0.307 e. The summed E-state index contributed by atoms with van der Waals surface area (Å²) in [6, 6.07) is 10.0. The molecule has 0 saturated heterocycles. The van der Waals surface area contributed by atoms with Crippen LogP contribution in [0.2, 0.25) is 0 Å². The Kier molecular flexibility index (Phi) is 6.07. The summed E-state index contributed by atoms with van der Waals surface area (Å²) < 4.78 is 42.4. The number of nitrogens with zero attached hydrogens (tertiary/aromatic N) is 2. The van der Waals surface area contributed by atoms with Crippen LogP contribution in [-0.4, -0.2) is 29.7 Å². The van der Waals surface area contributed by atoms with E-state index in [4.69, 9.17) is 4.74 Å². The molecule has 28 heavy (non-hydrogen) atoms. The van der Waals surface area contributed by atoms with Crippen LogP contribution in [0.1, 0.15) is 36.1 Å². The highest BCUT2D eigenvalue weighted by atomic mass is 32.2. The largest absolute Gasteiger partial charge is 0.466 e. The fourth-order valence-corrected chi connectivity index (χ4v) is 5.14. The Morgan fingerprint density at radius 1 is 1.14 bits per heavy atom. The second-order valence-corrected chi connectivity index (χ2v) is 8.62. The van der Waals surface area contributed by atoms with Gasteiger partial charge in [0.15, 0.2) is 0 Å². The zero-order valence-electron chi connectivity index (χ0n) is 15.8. The molecule has 0 saturated carbocycles. The molecule has 7 nitrogen and oxygen atoms in total. The zero-order chi connectivity index (χ0) is 20.3. The summed E-state index contributed by atoms with van der Waals surface area (Å²) in [7, 11) is -3.96. The van der Waals surface area contributed by atoms with Gasteiger partial charge in [0.2, 0.25) is 10.0 Å². The van der Waals surface area contributed by atoms with Crippen LogP contribution in [0.25, 0.3) is 11.0 Å². The molecule has 1 atom stereocenters. The average Bonchev–Trinajstić information content (AvgIpc) is 3.09. The molecule has 3 rings (SSSR count). The average molecular weight is 420 g/mol. The van der Waals surface area contributed by atoms with E-state index in [2.05, 4.69) is 13.5 Å². The maximum atomic E-state index is 13.2. The molecule has 148 valence electrons. The number of carbonyl (C=O) groups excluding carboxylic acids is 1. The molecular formula is C19H21N3O4S2. The predicted molar refractivity (Wildman–Crippen MR) is 108 cm³/mol. The van der Waals surface area contributed by atoms with Crippen molar-refractivity contribution in [1.82, 2.24) is 13.5 Å². The van der Waals surface area contributed by atoms with Gasteiger partial charge in [0.25, 0.3) is 0 Å². The van der Waals surface area contributed by atoms with Gasteiger partial charge in [-0.15, -0.1) is 0 Å². The molecule has 0 unspecified atom stereocenters. The van der Waals surface area contributed by atoms with Crippen molar-refractivity contribution in [3.05, 3.63) is 53.1 Å². The van der Waals surface area contributed by atoms with E-state index in [1.165, 1.54) is 0 Å². The minimum absolute atomic E-state index is 0.0831. The van der Waals surface area contributed by atoms with Crippen LogP contribution in [0.4, 0.5) is 0 Å². The number of rotatable bonds is 7. The Morgan fingerprint density at radius 2 is 1.86 bits per heavy atom. The van der Waals surface area contributed by atoms with Crippen LogP contribution >= 0.6 is 11.7 Å². The van der Waals surface area contributed by atoms with Crippen molar-refractivity contribution in [2.75, 3.05) is 6.61 Å². The first-order valence-corrected chi connectivity index (χ1v) is 11.0. The summed E-state index contributed by atoms with van der Waals surface area (Å²) >= 11 is 0.960. The van der Waals surface area contributed by atoms with E-state index in [1.807, 2.05) is 19.1 Å². The molecule has 0 bridgehead atoms. The maximum absolute atomic E-state index is 13.2. The number of ether oxygens (including phenoxy) is 1. The number of benzene rings is 2. The lowest BCUT2D eigenvalue weighted by molar-refractivity contribution is -0.143. The molecule has 3 aromatic rings. The van der Waals surface area contributed by atoms with Crippen molar-refractivity contribution in [3.63, 3.8) is 0 Å². The van der Waals surface area contributed by atoms with Crippen LogP contribution in [-0.2, 0) is 19.6 Å². The molecule has 2 aromatic carbocycles. The van der Waals surface area contributed by atoms with Gasteiger partial charge in [0.05, 0.1) is 30.8 Å². The Hall–Kier alpha value is -2.36. The highest BCUT2D eigenvalue weighted by molar-refractivity contribution is 7.89. The molecule has 0 fully saturated rings. The lowest BCUT2D eigenvalue weighted by atomic mass is 10.0. The number of hydrogen-bond acceptors (Lipinski definition) is 7. The van der Waals surface area contributed by atoms with Gasteiger partial charge in [0.1, 0.15) is 15.9 Å². The summed E-state index contributed by atoms with van der Waals surface area (Å²) in [4.78, 5) is 12.2. The second kappa shape index (κ2) is 8.34. The van der Waals surface area contributed by atoms with Crippen molar-refractivity contribution in [3.8, 4) is 0 Å². The Balaban J connectivity index is 2.00. The van der Waals surface area contributed by atoms with Crippen molar-refractivity contribution >= 4 is 38.8 Å². The standard InChI is InChI=1S/C19H21N3O4S2/c1-4-26-17(23)11-16(14-8-5-12(2)6-9-14)22-28(24,25)19-13(3)7-10-15-18(19)21-27-20-15/h5-10,16,22H,4,11H2,1-3H3/t16-/m0/s1. The fraction of sp³-hybridized carbons (Fsp3) is 0.316. The van der Waals surface area contributed by atoms with E-state index in [0.717, 1.165) is 17.3 Å². The van der Waals surface area contributed by atoms with Gasteiger partial charge in [-0.25, -0.2) is 13.1 Å². The van der Waals surface area contributed by atoms with Crippen LogP contribution in [0.15, 0.2) is 41.3 Å². The lowest BCUT2D eigenvalue weighted by Gasteiger charge is -2.19. The highest BCUT2D eigenvalue weighted by Crippen LogP contribution is 2.28. The van der Waals surface area contributed by atoms with Crippen LogP contribution in [0, 0.1) is 13.8 Å². The number of esters is 1. The van der Waals surface area contributed by atoms with Crippen molar-refractivity contribution < 1.29 is 17.9 Å². The van der Waals surface area contributed by atoms with Gasteiger partial charge in [0, 0.05) is 0 Å². The van der Waals surface area contributed by atoms with E-state index in [1.54, 1.807) is 38.1 Å². The predicted octanol–water partition coefficient (Wildman–Crippen LogP) is 3.28. The Morgan fingerprint density at radius 3 is 2.54 bits per heavy atom. The Bertz CT molecular complexity index is 1090. The summed E-state index contributed by atoms with van der Waals surface area (Å²) in [6.45, 7) is 5.59. The van der Waals surface area contributed by atoms with E-state index < -0.39 is 22.0 Å². The molecule has 1 N–H and O–H groups in total. The normalized spacial score (nSPS) is 12.8. The third-order valence-electron chi connectivity index (χ3n) is 4.30. The summed E-state index contributed by atoms with van der Waals surface area (Å²) in [5.41, 5.74) is 3.13. The highest BCUT2D eigenvalue weighted by Gasteiger charge is 2.28. The summed E-state index contributed by atoms with van der Waals surface area (Å²) in [6.07, 6.45) is -0.111. The number of nitrogens with one attached hydrogen (secondary N) is 1. The van der Waals surface area contributed by atoms with E-state index in [9.17, 15) is 13.2 Å². The summed E-state index contributed by atoms with van der Waals surface area (Å²) in [5, 5.41) is 0. The zero-order valence-corrected chi connectivity index (χ0v) is 17.4. The van der Waals surface area contributed by atoms with Crippen molar-refractivity contribution in [2.24, 2.45) is 0 Å². The number of aromatic nitrogens is 2. The first-order valence-electron chi connectivity index (χ1n) is 8.78. The quantitative estimate of drug-likeness (QED) is 0.590. The smallest absolute Gasteiger partial charge is 0.307 e. The third kappa shape index (κ3) is 4.37. The lowest BCUT2D eigenvalue weighted by Crippen LogP contribution is -2.31. The SMILES string of the molecule is CCOC(=O)C[C@H](NS(=O)(=O)c1c(C)ccc2nsnc12)c1ccc(C)cc1. The molecular weight excluding hydrogens is 398 g/mol. The minimum atomic E-state index is -3.96. The minimum Gasteiger partial charge on any atom is -0.466 e. The number of aryl methyl sites for hydroxylation is 2. The molecule has 0 aliphatic carbocycles. The van der Waals surface area contributed by atoms with E-state index in [0.29, 0.717) is 22.2 Å². The molecule has 0 spiro atoms. The Labute approximate surface area is 168 Å². The molecule has 1 aromatic heterocycles. The topological polar surface area (TPSA) is 98.2 Å². The van der Waals surface area contributed by atoms with Crippen molar-refractivity contribution in [2.45, 2.75) is 38.1 Å². The van der Waals surface area contributed by atoms with Crippen molar-refractivity contribution in [1.29, 1.82) is 0 Å². The molecule has 0 amide bonds. The molecule has 9 heteroatoms. The van der Waals surface area contributed by atoms with Crippen LogP contribution < -0.4 is 4.72 Å². The number of hydrogen-bond donors (Lipinski definition) is 1.